The summed E-state index contributed by atoms with van der Waals surface area (Å²) in [6, 6.07) is 7.43. The van der Waals surface area contributed by atoms with Crippen LogP contribution in [-0.2, 0) is 4.74 Å². The second-order valence-electron chi connectivity index (χ2n) is 4.00. The molecule has 1 aliphatic heterocycles. The van der Waals surface area contributed by atoms with Gasteiger partial charge in [0.15, 0.2) is 5.78 Å². The Hall–Kier alpha value is -0.710. The largest absolute Gasteiger partial charge is 0.367 e. The Labute approximate surface area is 104 Å². The zero-order chi connectivity index (χ0) is 11.5. The number of morpholine rings is 1. The zero-order valence-electron chi connectivity index (χ0n) is 9.15. The number of nitrogens with zero attached hydrogens (tertiary/aromatic N) is 1. The summed E-state index contributed by atoms with van der Waals surface area (Å²) in [5, 5.41) is 0. The highest BCUT2D eigenvalue weighted by molar-refractivity contribution is 9.10. The molecule has 3 nitrogen and oxygen atoms in total. The van der Waals surface area contributed by atoms with E-state index < -0.39 is 0 Å². The first-order valence-corrected chi connectivity index (χ1v) is 6.06. The molecule has 1 heterocycles. The second-order valence-corrected chi connectivity index (χ2v) is 4.91. The van der Waals surface area contributed by atoms with Crippen molar-refractivity contribution in [3.63, 3.8) is 0 Å². The summed E-state index contributed by atoms with van der Waals surface area (Å²) in [5.41, 5.74) is 0.703. The zero-order valence-corrected chi connectivity index (χ0v) is 10.7. The Morgan fingerprint density at radius 3 is 3.06 bits per heavy atom. The number of halogens is 1. The van der Waals surface area contributed by atoms with Gasteiger partial charge in [0.2, 0.25) is 0 Å². The normalized spacial score (nSPS) is 22.0. The van der Waals surface area contributed by atoms with Gasteiger partial charge in [-0.2, -0.15) is 0 Å². The fourth-order valence-corrected chi connectivity index (χ4v) is 2.16. The summed E-state index contributed by atoms with van der Waals surface area (Å²) >= 11 is 3.36. The van der Waals surface area contributed by atoms with Gasteiger partial charge >= 0.3 is 0 Å². The third kappa shape index (κ3) is 2.70. The Balaban J connectivity index is 2.12. The van der Waals surface area contributed by atoms with Crippen LogP contribution in [0.3, 0.4) is 0 Å². The predicted molar refractivity (Wildman–Crippen MR) is 65.7 cm³/mol. The maximum absolute atomic E-state index is 12.1. The molecular weight excluding hydrogens is 270 g/mol. The molecule has 1 unspecified atom stereocenters. The van der Waals surface area contributed by atoms with Crippen LogP contribution in [0, 0.1) is 0 Å². The Kier molecular flexibility index (Phi) is 3.74. The van der Waals surface area contributed by atoms with Crippen molar-refractivity contribution in [1.29, 1.82) is 0 Å². The standard InChI is InChI=1S/C12H14BrNO2/c1-14-5-6-16-11(8-14)12(15)9-3-2-4-10(13)7-9/h2-4,7,11H,5-6,8H2,1H3. The fraction of sp³-hybridized carbons (Fsp3) is 0.417. The van der Waals surface area contributed by atoms with Crippen molar-refractivity contribution >= 4 is 21.7 Å². The average molecular weight is 284 g/mol. The summed E-state index contributed by atoms with van der Waals surface area (Å²) < 4.78 is 6.42. The molecule has 0 saturated carbocycles. The van der Waals surface area contributed by atoms with Crippen LogP contribution in [0.2, 0.25) is 0 Å². The molecule has 0 N–H and O–H groups in total. The molecule has 1 aromatic rings. The van der Waals surface area contributed by atoms with Crippen LogP contribution >= 0.6 is 15.9 Å². The van der Waals surface area contributed by atoms with Crippen LogP contribution in [0.25, 0.3) is 0 Å². The van der Waals surface area contributed by atoms with E-state index in [2.05, 4.69) is 20.8 Å². The van der Waals surface area contributed by atoms with E-state index in [1.165, 1.54) is 0 Å². The summed E-state index contributed by atoms with van der Waals surface area (Å²) in [7, 11) is 2.00. The molecule has 0 bridgehead atoms. The summed E-state index contributed by atoms with van der Waals surface area (Å²) in [4.78, 5) is 14.2. The molecule has 1 saturated heterocycles. The second kappa shape index (κ2) is 5.08. The summed E-state index contributed by atoms with van der Waals surface area (Å²) in [6.45, 7) is 2.19. The van der Waals surface area contributed by atoms with Crippen molar-refractivity contribution in [3.8, 4) is 0 Å². The number of benzene rings is 1. The van der Waals surface area contributed by atoms with Crippen molar-refractivity contribution in [3.05, 3.63) is 34.3 Å². The third-order valence-corrected chi connectivity index (χ3v) is 3.16. The number of Topliss-reactive ketones (excluding diaryl/α,β-unsaturated/α-hetero) is 1. The molecule has 1 aliphatic rings. The van der Waals surface area contributed by atoms with Gasteiger partial charge in [0.1, 0.15) is 6.10 Å². The number of hydrogen-bond acceptors (Lipinski definition) is 3. The van der Waals surface area contributed by atoms with Gasteiger partial charge < -0.3 is 9.64 Å². The highest BCUT2D eigenvalue weighted by Crippen LogP contribution is 2.15. The number of carbonyl (C=O) groups excluding carboxylic acids is 1. The summed E-state index contributed by atoms with van der Waals surface area (Å²) in [6.07, 6.45) is -0.326. The van der Waals surface area contributed by atoms with E-state index >= 15 is 0 Å². The van der Waals surface area contributed by atoms with E-state index in [0.29, 0.717) is 18.7 Å². The molecule has 1 fully saturated rings. The van der Waals surface area contributed by atoms with Gasteiger partial charge in [0, 0.05) is 23.1 Å². The monoisotopic (exact) mass is 283 g/mol. The number of ketones is 1. The quantitative estimate of drug-likeness (QED) is 0.778. The van der Waals surface area contributed by atoms with Crippen molar-refractivity contribution in [2.75, 3.05) is 26.7 Å². The summed E-state index contributed by atoms with van der Waals surface area (Å²) in [5.74, 6) is 0.0628. The highest BCUT2D eigenvalue weighted by Gasteiger charge is 2.25. The number of likely N-dealkylation sites (N-methyl/N-ethyl adjacent to an activating group) is 1. The highest BCUT2D eigenvalue weighted by atomic mass is 79.9. The number of hydrogen-bond donors (Lipinski definition) is 0. The van der Waals surface area contributed by atoms with Gasteiger partial charge in [0.25, 0.3) is 0 Å². The lowest BCUT2D eigenvalue weighted by molar-refractivity contribution is -0.00862. The lowest BCUT2D eigenvalue weighted by atomic mass is 10.1. The Morgan fingerprint density at radius 1 is 1.56 bits per heavy atom. The average Bonchev–Trinajstić information content (AvgIpc) is 2.28. The minimum atomic E-state index is -0.326. The SMILES string of the molecule is CN1CCOC(C(=O)c2cccc(Br)c2)C1. The van der Waals surface area contributed by atoms with Crippen LogP contribution in [-0.4, -0.2) is 43.5 Å². The fourth-order valence-electron chi connectivity index (χ4n) is 1.76. The van der Waals surface area contributed by atoms with Gasteiger partial charge in [-0.1, -0.05) is 28.1 Å². The molecule has 0 aromatic heterocycles. The molecule has 1 atom stereocenters. The number of carbonyl (C=O) groups is 1. The minimum absolute atomic E-state index is 0.0628. The van der Waals surface area contributed by atoms with Gasteiger partial charge in [-0.3, -0.25) is 4.79 Å². The van der Waals surface area contributed by atoms with E-state index in [-0.39, 0.29) is 11.9 Å². The van der Waals surface area contributed by atoms with Crippen molar-refractivity contribution in [2.45, 2.75) is 6.10 Å². The number of ether oxygens (including phenoxy) is 1. The first-order valence-electron chi connectivity index (χ1n) is 5.27. The van der Waals surface area contributed by atoms with Crippen LogP contribution < -0.4 is 0 Å². The topological polar surface area (TPSA) is 29.5 Å². The molecule has 0 radical (unpaired) electrons. The van der Waals surface area contributed by atoms with Crippen LogP contribution in [0.1, 0.15) is 10.4 Å². The van der Waals surface area contributed by atoms with Crippen LogP contribution in [0.15, 0.2) is 28.7 Å². The van der Waals surface area contributed by atoms with Crippen molar-refractivity contribution < 1.29 is 9.53 Å². The molecular formula is C12H14BrNO2. The minimum Gasteiger partial charge on any atom is -0.367 e. The van der Waals surface area contributed by atoms with E-state index in [1.807, 2.05) is 31.3 Å². The van der Waals surface area contributed by atoms with Gasteiger partial charge in [0.05, 0.1) is 6.61 Å². The molecule has 86 valence electrons. The van der Waals surface area contributed by atoms with Gasteiger partial charge in [-0.05, 0) is 19.2 Å². The Bertz CT molecular complexity index is 394. The van der Waals surface area contributed by atoms with E-state index in [0.717, 1.165) is 11.0 Å². The van der Waals surface area contributed by atoms with E-state index in [4.69, 9.17) is 4.74 Å². The lowest BCUT2D eigenvalue weighted by Gasteiger charge is -2.29. The van der Waals surface area contributed by atoms with Gasteiger partial charge in [-0.15, -0.1) is 0 Å². The molecule has 0 aliphatic carbocycles. The third-order valence-electron chi connectivity index (χ3n) is 2.67. The van der Waals surface area contributed by atoms with Crippen molar-refractivity contribution in [2.24, 2.45) is 0 Å². The van der Waals surface area contributed by atoms with Crippen molar-refractivity contribution in [1.82, 2.24) is 4.90 Å². The van der Waals surface area contributed by atoms with E-state index in [1.54, 1.807) is 0 Å². The molecule has 0 spiro atoms. The van der Waals surface area contributed by atoms with E-state index in [9.17, 15) is 4.79 Å². The molecule has 2 rings (SSSR count). The predicted octanol–water partition coefficient (Wildman–Crippen LogP) is 1.96. The molecule has 4 heteroatoms. The smallest absolute Gasteiger partial charge is 0.192 e. The van der Waals surface area contributed by atoms with Crippen LogP contribution in [0.4, 0.5) is 0 Å². The first kappa shape index (κ1) is 11.8. The molecule has 16 heavy (non-hydrogen) atoms. The maximum atomic E-state index is 12.1. The first-order chi connectivity index (χ1) is 7.66. The van der Waals surface area contributed by atoms with Gasteiger partial charge in [-0.25, -0.2) is 0 Å². The Morgan fingerprint density at radius 2 is 2.38 bits per heavy atom. The molecule has 0 amide bonds. The lowest BCUT2D eigenvalue weighted by Crippen LogP contribution is -2.44. The molecule has 1 aromatic carbocycles. The van der Waals surface area contributed by atoms with Crippen LogP contribution in [0.5, 0.6) is 0 Å². The maximum Gasteiger partial charge on any atom is 0.192 e. The number of rotatable bonds is 2.